The highest BCUT2D eigenvalue weighted by Crippen LogP contribution is 2.20. The van der Waals surface area contributed by atoms with Gasteiger partial charge in [-0.2, -0.15) is 5.10 Å². The van der Waals surface area contributed by atoms with E-state index in [0.29, 0.717) is 24.3 Å². The van der Waals surface area contributed by atoms with Gasteiger partial charge >= 0.3 is 0 Å². The molecule has 1 aromatic heterocycles. The van der Waals surface area contributed by atoms with Crippen LogP contribution in [-0.4, -0.2) is 51.2 Å². The molecule has 2 aliphatic heterocycles. The Bertz CT molecular complexity index is 436. The predicted octanol–water partition coefficient (Wildman–Crippen LogP) is 1.50. The minimum atomic E-state index is 0. The number of amides is 1. The standard InChI is InChI=1S/C14H23N5O.2ClH/c20-14(7-13-4-1-5-16-13)18-6-2-3-12(8-18)9-19-11-15-10-17-19;;/h10-13,16H,1-9H2;2*1H. The van der Waals surface area contributed by atoms with E-state index in [1.54, 1.807) is 12.7 Å². The summed E-state index contributed by atoms with van der Waals surface area (Å²) in [6.45, 7) is 3.71. The molecule has 2 unspecified atom stereocenters. The number of nitrogens with one attached hydrogen (secondary N) is 1. The van der Waals surface area contributed by atoms with Crippen LogP contribution in [0.2, 0.25) is 0 Å². The molecule has 2 aliphatic rings. The van der Waals surface area contributed by atoms with Crippen LogP contribution < -0.4 is 5.32 Å². The van der Waals surface area contributed by atoms with Crippen molar-refractivity contribution in [2.45, 2.75) is 44.7 Å². The number of rotatable bonds is 4. The van der Waals surface area contributed by atoms with Crippen LogP contribution in [0.1, 0.15) is 32.1 Å². The summed E-state index contributed by atoms with van der Waals surface area (Å²) in [4.78, 5) is 18.4. The first-order valence-electron chi connectivity index (χ1n) is 7.65. The summed E-state index contributed by atoms with van der Waals surface area (Å²) in [5, 5.41) is 7.56. The molecule has 1 N–H and O–H groups in total. The molecule has 0 bridgehead atoms. The number of nitrogens with zero attached hydrogens (tertiary/aromatic N) is 4. The Labute approximate surface area is 143 Å². The van der Waals surface area contributed by atoms with E-state index < -0.39 is 0 Å². The molecule has 2 saturated heterocycles. The van der Waals surface area contributed by atoms with Gasteiger partial charge in [-0.25, -0.2) is 4.98 Å². The van der Waals surface area contributed by atoms with Crippen LogP contribution in [-0.2, 0) is 11.3 Å². The minimum Gasteiger partial charge on any atom is -0.342 e. The first-order chi connectivity index (χ1) is 9.81. The zero-order valence-corrected chi connectivity index (χ0v) is 14.3. The zero-order valence-electron chi connectivity index (χ0n) is 12.7. The van der Waals surface area contributed by atoms with Crippen LogP contribution in [0.25, 0.3) is 0 Å². The maximum absolute atomic E-state index is 12.4. The smallest absolute Gasteiger partial charge is 0.224 e. The number of halogens is 2. The summed E-state index contributed by atoms with van der Waals surface area (Å²) < 4.78 is 1.87. The molecule has 126 valence electrons. The SMILES string of the molecule is Cl.Cl.O=C(CC1CCCN1)N1CCCC(Cn2cncn2)C1. The van der Waals surface area contributed by atoms with E-state index in [9.17, 15) is 4.79 Å². The average Bonchev–Trinajstić information content (AvgIpc) is 3.12. The Morgan fingerprint density at radius 2 is 2.14 bits per heavy atom. The largest absolute Gasteiger partial charge is 0.342 e. The van der Waals surface area contributed by atoms with Gasteiger partial charge in [-0.1, -0.05) is 0 Å². The summed E-state index contributed by atoms with van der Waals surface area (Å²) in [6.07, 6.45) is 8.60. The van der Waals surface area contributed by atoms with Crippen molar-refractivity contribution in [3.05, 3.63) is 12.7 Å². The summed E-state index contributed by atoms with van der Waals surface area (Å²) >= 11 is 0. The lowest BCUT2D eigenvalue weighted by molar-refractivity contribution is -0.133. The fraction of sp³-hybridized carbons (Fsp3) is 0.786. The average molecular weight is 350 g/mol. The van der Waals surface area contributed by atoms with Gasteiger partial charge in [0, 0.05) is 32.1 Å². The second-order valence-electron chi connectivity index (χ2n) is 5.96. The van der Waals surface area contributed by atoms with Gasteiger partial charge < -0.3 is 10.2 Å². The number of likely N-dealkylation sites (tertiary alicyclic amines) is 1. The van der Waals surface area contributed by atoms with Gasteiger partial charge in [0.05, 0.1) is 0 Å². The maximum Gasteiger partial charge on any atom is 0.224 e. The molecular formula is C14H25Cl2N5O. The molecule has 6 nitrogen and oxygen atoms in total. The Morgan fingerprint density at radius 3 is 2.82 bits per heavy atom. The summed E-state index contributed by atoms with van der Waals surface area (Å²) in [5.41, 5.74) is 0. The molecule has 1 amide bonds. The van der Waals surface area contributed by atoms with E-state index in [1.807, 2.05) is 9.58 Å². The number of carbonyl (C=O) groups is 1. The van der Waals surface area contributed by atoms with Crippen molar-refractivity contribution in [2.24, 2.45) is 5.92 Å². The lowest BCUT2D eigenvalue weighted by Gasteiger charge is -2.33. The van der Waals surface area contributed by atoms with Crippen molar-refractivity contribution in [3.8, 4) is 0 Å². The normalized spacial score (nSPS) is 24.5. The number of aromatic nitrogens is 3. The van der Waals surface area contributed by atoms with E-state index in [4.69, 9.17) is 0 Å². The number of piperidine rings is 1. The fourth-order valence-electron chi connectivity index (χ4n) is 3.30. The molecule has 0 aromatic carbocycles. The molecule has 3 rings (SSSR count). The zero-order chi connectivity index (χ0) is 13.8. The predicted molar refractivity (Wildman–Crippen MR) is 89.5 cm³/mol. The van der Waals surface area contributed by atoms with Crippen LogP contribution in [0.4, 0.5) is 0 Å². The summed E-state index contributed by atoms with van der Waals surface area (Å²) in [7, 11) is 0. The van der Waals surface area contributed by atoms with Crippen molar-refractivity contribution in [1.29, 1.82) is 0 Å². The monoisotopic (exact) mass is 349 g/mol. The Kier molecular flexibility index (Phi) is 8.14. The first-order valence-corrected chi connectivity index (χ1v) is 7.65. The van der Waals surface area contributed by atoms with Crippen molar-refractivity contribution in [1.82, 2.24) is 25.0 Å². The number of hydrogen-bond acceptors (Lipinski definition) is 4. The molecule has 3 heterocycles. The molecule has 0 saturated carbocycles. The van der Waals surface area contributed by atoms with Gasteiger partial charge in [0.25, 0.3) is 0 Å². The lowest BCUT2D eigenvalue weighted by atomic mass is 9.97. The Hall–Kier alpha value is -0.850. The highest BCUT2D eigenvalue weighted by atomic mass is 35.5. The van der Waals surface area contributed by atoms with Crippen LogP contribution in [0.3, 0.4) is 0 Å². The lowest BCUT2D eigenvalue weighted by Crippen LogP contribution is -2.43. The van der Waals surface area contributed by atoms with E-state index in [1.165, 1.54) is 12.8 Å². The molecule has 1 aromatic rings. The third-order valence-electron chi connectivity index (χ3n) is 4.37. The Morgan fingerprint density at radius 1 is 1.27 bits per heavy atom. The van der Waals surface area contributed by atoms with Gasteiger partial charge in [-0.3, -0.25) is 9.48 Å². The third kappa shape index (κ3) is 5.11. The Balaban J connectivity index is 0.00000121. The fourth-order valence-corrected chi connectivity index (χ4v) is 3.30. The molecule has 8 heteroatoms. The molecular weight excluding hydrogens is 325 g/mol. The number of carbonyl (C=O) groups excluding carboxylic acids is 1. The van der Waals surface area contributed by atoms with Crippen molar-refractivity contribution < 1.29 is 4.79 Å². The van der Waals surface area contributed by atoms with E-state index in [2.05, 4.69) is 15.4 Å². The highest BCUT2D eigenvalue weighted by Gasteiger charge is 2.26. The second-order valence-corrected chi connectivity index (χ2v) is 5.96. The molecule has 22 heavy (non-hydrogen) atoms. The molecule has 0 radical (unpaired) electrons. The molecule has 0 spiro atoms. The van der Waals surface area contributed by atoms with Gasteiger partial charge in [0.2, 0.25) is 5.91 Å². The van der Waals surface area contributed by atoms with Gasteiger partial charge in [0.1, 0.15) is 12.7 Å². The van der Waals surface area contributed by atoms with Gasteiger partial charge in [-0.15, -0.1) is 24.8 Å². The first kappa shape index (κ1) is 19.2. The quantitative estimate of drug-likeness (QED) is 0.894. The van der Waals surface area contributed by atoms with E-state index in [0.717, 1.165) is 39.0 Å². The van der Waals surface area contributed by atoms with E-state index in [-0.39, 0.29) is 24.8 Å². The van der Waals surface area contributed by atoms with Crippen LogP contribution in [0.15, 0.2) is 12.7 Å². The molecule has 2 fully saturated rings. The van der Waals surface area contributed by atoms with E-state index >= 15 is 0 Å². The highest BCUT2D eigenvalue weighted by molar-refractivity contribution is 5.85. The summed E-state index contributed by atoms with van der Waals surface area (Å²) in [6, 6.07) is 0.401. The minimum absolute atomic E-state index is 0. The molecule has 2 atom stereocenters. The van der Waals surface area contributed by atoms with Crippen LogP contribution in [0, 0.1) is 5.92 Å². The van der Waals surface area contributed by atoms with Gasteiger partial charge in [0.15, 0.2) is 0 Å². The van der Waals surface area contributed by atoms with Crippen molar-refractivity contribution in [2.75, 3.05) is 19.6 Å². The van der Waals surface area contributed by atoms with Crippen LogP contribution >= 0.6 is 24.8 Å². The molecule has 0 aliphatic carbocycles. The van der Waals surface area contributed by atoms with Crippen molar-refractivity contribution in [3.63, 3.8) is 0 Å². The number of hydrogen-bond donors (Lipinski definition) is 1. The second kappa shape index (κ2) is 9.33. The van der Waals surface area contributed by atoms with Crippen molar-refractivity contribution >= 4 is 30.7 Å². The maximum atomic E-state index is 12.4. The topological polar surface area (TPSA) is 63.1 Å². The van der Waals surface area contributed by atoms with Gasteiger partial charge in [-0.05, 0) is 38.1 Å². The third-order valence-corrected chi connectivity index (χ3v) is 4.37. The summed E-state index contributed by atoms with van der Waals surface area (Å²) in [5.74, 6) is 0.818. The van der Waals surface area contributed by atoms with Crippen LogP contribution in [0.5, 0.6) is 0 Å².